The SMILES string of the molecule is O=C(NCc1csc(C2CC2)n1)C1CC1c1ccccc1. The van der Waals surface area contributed by atoms with Crippen molar-refractivity contribution in [2.24, 2.45) is 5.92 Å². The van der Waals surface area contributed by atoms with Crippen LogP contribution in [0, 0.1) is 5.92 Å². The maximum atomic E-state index is 12.2. The number of nitrogens with one attached hydrogen (secondary N) is 1. The van der Waals surface area contributed by atoms with E-state index in [1.807, 2.05) is 18.2 Å². The summed E-state index contributed by atoms with van der Waals surface area (Å²) in [7, 11) is 0. The number of rotatable bonds is 5. The number of carbonyl (C=O) groups excluding carboxylic acids is 1. The average Bonchev–Trinajstić information content (AvgIpc) is 3.44. The van der Waals surface area contributed by atoms with Crippen LogP contribution in [0.25, 0.3) is 0 Å². The highest BCUT2D eigenvalue weighted by molar-refractivity contribution is 7.09. The third-order valence-corrected chi connectivity index (χ3v) is 5.35. The van der Waals surface area contributed by atoms with Crippen LogP contribution in [-0.2, 0) is 11.3 Å². The average molecular weight is 298 g/mol. The van der Waals surface area contributed by atoms with Gasteiger partial charge in [0.2, 0.25) is 5.91 Å². The highest BCUT2D eigenvalue weighted by Crippen LogP contribution is 2.47. The molecule has 108 valence electrons. The summed E-state index contributed by atoms with van der Waals surface area (Å²) < 4.78 is 0. The van der Waals surface area contributed by atoms with Crippen molar-refractivity contribution in [2.45, 2.75) is 37.6 Å². The van der Waals surface area contributed by atoms with Crippen molar-refractivity contribution in [3.8, 4) is 0 Å². The highest BCUT2D eigenvalue weighted by Gasteiger charge is 2.43. The molecule has 2 aliphatic carbocycles. The van der Waals surface area contributed by atoms with Gasteiger partial charge in [-0.25, -0.2) is 4.98 Å². The molecule has 2 atom stereocenters. The Kier molecular flexibility index (Phi) is 3.26. The second-order valence-electron chi connectivity index (χ2n) is 6.03. The number of hydrogen-bond acceptors (Lipinski definition) is 3. The zero-order valence-corrected chi connectivity index (χ0v) is 12.6. The molecule has 3 nitrogen and oxygen atoms in total. The summed E-state index contributed by atoms with van der Waals surface area (Å²) >= 11 is 1.73. The Bertz CT molecular complexity index is 648. The van der Waals surface area contributed by atoms with Gasteiger partial charge in [-0.3, -0.25) is 4.79 Å². The fourth-order valence-corrected chi connectivity index (χ4v) is 3.77. The minimum absolute atomic E-state index is 0.147. The van der Waals surface area contributed by atoms with Gasteiger partial charge in [0, 0.05) is 17.2 Å². The van der Waals surface area contributed by atoms with Gasteiger partial charge >= 0.3 is 0 Å². The van der Waals surface area contributed by atoms with Crippen molar-refractivity contribution in [1.29, 1.82) is 0 Å². The summed E-state index contributed by atoms with van der Waals surface area (Å²) in [5.74, 6) is 1.42. The predicted molar refractivity (Wildman–Crippen MR) is 83.2 cm³/mol. The topological polar surface area (TPSA) is 42.0 Å². The van der Waals surface area contributed by atoms with Crippen molar-refractivity contribution in [2.75, 3.05) is 0 Å². The normalized spacial score (nSPS) is 23.8. The van der Waals surface area contributed by atoms with E-state index in [0.29, 0.717) is 18.4 Å². The van der Waals surface area contributed by atoms with Crippen molar-refractivity contribution in [3.05, 3.63) is 52.0 Å². The van der Waals surface area contributed by atoms with Crippen LogP contribution in [-0.4, -0.2) is 10.9 Å². The molecule has 1 N–H and O–H groups in total. The van der Waals surface area contributed by atoms with Gasteiger partial charge in [-0.2, -0.15) is 0 Å². The fourth-order valence-electron chi connectivity index (χ4n) is 2.78. The van der Waals surface area contributed by atoms with Gasteiger partial charge in [0.1, 0.15) is 0 Å². The predicted octanol–water partition coefficient (Wildman–Crippen LogP) is 3.44. The Hall–Kier alpha value is -1.68. The zero-order valence-electron chi connectivity index (χ0n) is 11.8. The molecule has 1 heterocycles. The number of amides is 1. The van der Waals surface area contributed by atoms with E-state index < -0.39 is 0 Å². The van der Waals surface area contributed by atoms with Crippen molar-refractivity contribution in [3.63, 3.8) is 0 Å². The lowest BCUT2D eigenvalue weighted by molar-refractivity contribution is -0.122. The van der Waals surface area contributed by atoms with Gasteiger partial charge in [0.25, 0.3) is 0 Å². The van der Waals surface area contributed by atoms with Crippen molar-refractivity contribution in [1.82, 2.24) is 10.3 Å². The smallest absolute Gasteiger partial charge is 0.224 e. The molecule has 0 saturated heterocycles. The van der Waals surface area contributed by atoms with Crippen LogP contribution >= 0.6 is 11.3 Å². The fraction of sp³-hybridized carbons (Fsp3) is 0.412. The van der Waals surface area contributed by atoms with E-state index in [2.05, 4.69) is 27.8 Å². The highest BCUT2D eigenvalue weighted by atomic mass is 32.1. The molecule has 4 heteroatoms. The van der Waals surface area contributed by atoms with E-state index in [4.69, 9.17) is 0 Å². The molecule has 21 heavy (non-hydrogen) atoms. The second-order valence-corrected chi connectivity index (χ2v) is 6.92. The van der Waals surface area contributed by atoms with Gasteiger partial charge < -0.3 is 5.32 Å². The molecule has 0 radical (unpaired) electrons. The van der Waals surface area contributed by atoms with Gasteiger partial charge in [0.05, 0.1) is 17.2 Å². The first-order chi connectivity index (χ1) is 10.3. The minimum Gasteiger partial charge on any atom is -0.350 e. The van der Waals surface area contributed by atoms with Crippen LogP contribution in [0.1, 0.15) is 47.4 Å². The molecule has 2 unspecified atom stereocenters. The molecule has 1 amide bonds. The molecular weight excluding hydrogens is 280 g/mol. The molecule has 2 aliphatic rings. The first kappa shape index (κ1) is 13.0. The summed E-state index contributed by atoms with van der Waals surface area (Å²) in [5, 5.41) is 6.36. The second kappa shape index (κ2) is 5.26. The standard InChI is InChI=1S/C17H18N2OS/c20-16(15-8-14(15)11-4-2-1-3-5-11)18-9-13-10-21-17(19-13)12-6-7-12/h1-5,10,12,14-15H,6-9H2,(H,18,20). The van der Waals surface area contributed by atoms with E-state index in [0.717, 1.165) is 12.1 Å². The number of aromatic nitrogens is 1. The number of thiazole rings is 1. The lowest BCUT2D eigenvalue weighted by Crippen LogP contribution is -2.25. The molecular formula is C17H18N2OS. The molecule has 1 aromatic carbocycles. The van der Waals surface area contributed by atoms with E-state index in [1.54, 1.807) is 11.3 Å². The van der Waals surface area contributed by atoms with Gasteiger partial charge in [0.15, 0.2) is 0 Å². The molecule has 2 saturated carbocycles. The number of hydrogen-bond donors (Lipinski definition) is 1. The molecule has 4 rings (SSSR count). The summed E-state index contributed by atoms with van der Waals surface area (Å²) in [6, 6.07) is 10.3. The first-order valence-electron chi connectivity index (χ1n) is 7.58. The van der Waals surface area contributed by atoms with E-state index in [1.165, 1.54) is 23.4 Å². The molecule has 2 aromatic rings. The van der Waals surface area contributed by atoms with Crippen LogP contribution in [0.15, 0.2) is 35.7 Å². The van der Waals surface area contributed by atoms with Crippen LogP contribution < -0.4 is 5.32 Å². The maximum absolute atomic E-state index is 12.2. The Morgan fingerprint density at radius 2 is 2.10 bits per heavy atom. The van der Waals surface area contributed by atoms with Crippen molar-refractivity contribution >= 4 is 17.2 Å². The Morgan fingerprint density at radius 3 is 2.86 bits per heavy atom. The van der Waals surface area contributed by atoms with Crippen molar-refractivity contribution < 1.29 is 4.79 Å². The Labute approximate surface area is 128 Å². The van der Waals surface area contributed by atoms with Gasteiger partial charge in [-0.15, -0.1) is 11.3 Å². The molecule has 0 bridgehead atoms. The Morgan fingerprint density at radius 1 is 1.29 bits per heavy atom. The van der Waals surface area contributed by atoms with Gasteiger partial charge in [-0.1, -0.05) is 30.3 Å². The van der Waals surface area contributed by atoms with E-state index >= 15 is 0 Å². The van der Waals surface area contributed by atoms with E-state index in [-0.39, 0.29) is 11.8 Å². The summed E-state index contributed by atoms with van der Waals surface area (Å²) in [5.41, 5.74) is 2.29. The summed E-state index contributed by atoms with van der Waals surface area (Å²) in [6.07, 6.45) is 3.53. The maximum Gasteiger partial charge on any atom is 0.224 e. The third-order valence-electron chi connectivity index (χ3n) is 4.29. The van der Waals surface area contributed by atoms with Crippen LogP contribution in [0.2, 0.25) is 0 Å². The summed E-state index contributed by atoms with van der Waals surface area (Å²) in [6.45, 7) is 0.570. The monoisotopic (exact) mass is 298 g/mol. The lowest BCUT2D eigenvalue weighted by atomic mass is 10.1. The first-order valence-corrected chi connectivity index (χ1v) is 8.46. The number of benzene rings is 1. The number of carbonyl (C=O) groups is 1. The van der Waals surface area contributed by atoms with Crippen LogP contribution in [0.5, 0.6) is 0 Å². The third kappa shape index (κ3) is 2.86. The van der Waals surface area contributed by atoms with E-state index in [9.17, 15) is 4.79 Å². The Balaban J connectivity index is 1.30. The van der Waals surface area contributed by atoms with Gasteiger partial charge in [-0.05, 0) is 30.7 Å². The summed E-state index contributed by atoms with van der Waals surface area (Å²) in [4.78, 5) is 16.8. The molecule has 1 aromatic heterocycles. The molecule has 0 spiro atoms. The lowest BCUT2D eigenvalue weighted by Gasteiger charge is -2.03. The number of nitrogens with zero attached hydrogens (tertiary/aromatic N) is 1. The largest absolute Gasteiger partial charge is 0.350 e. The minimum atomic E-state index is 0.147. The quantitative estimate of drug-likeness (QED) is 0.918. The zero-order chi connectivity index (χ0) is 14.2. The molecule has 0 aliphatic heterocycles. The van der Waals surface area contributed by atoms with Crippen LogP contribution in [0.3, 0.4) is 0 Å². The molecule has 2 fully saturated rings. The van der Waals surface area contributed by atoms with Crippen LogP contribution in [0.4, 0.5) is 0 Å².